The maximum atomic E-state index is 9.54. The van der Waals surface area contributed by atoms with Gasteiger partial charge < -0.3 is 0 Å². The Morgan fingerprint density at radius 1 is 0.346 bits per heavy atom. The topological polar surface area (TPSA) is 49.6 Å². The second-order valence-corrected chi connectivity index (χ2v) is 13.2. The number of nitriles is 1. The van der Waals surface area contributed by atoms with Crippen LogP contribution in [0.5, 0.6) is 0 Å². The van der Waals surface area contributed by atoms with E-state index in [9.17, 15) is 5.26 Å². The SMILES string of the molecule is N#Cc1ccc(-c2ccc3c4c(ccc(-c5ccc(-c6cc(-c7ccccc7)nc(-c7ccccc7)n6)c6ccccc56)c24)-c2ccccc2-3)cc1. The van der Waals surface area contributed by atoms with Crippen LogP contribution in [0.2, 0.25) is 0 Å². The molecule has 3 heteroatoms. The third kappa shape index (κ3) is 4.74. The van der Waals surface area contributed by atoms with Gasteiger partial charge >= 0.3 is 0 Å². The highest BCUT2D eigenvalue weighted by molar-refractivity contribution is 6.24. The van der Waals surface area contributed by atoms with E-state index in [1.165, 1.54) is 38.6 Å². The van der Waals surface area contributed by atoms with Gasteiger partial charge in [-0.25, -0.2) is 9.97 Å². The van der Waals surface area contributed by atoms with Gasteiger partial charge in [0.25, 0.3) is 0 Å². The van der Waals surface area contributed by atoms with E-state index in [0.29, 0.717) is 11.4 Å². The van der Waals surface area contributed by atoms with Crippen LogP contribution >= 0.6 is 0 Å². The molecule has 0 fully saturated rings. The Morgan fingerprint density at radius 3 is 1.48 bits per heavy atom. The van der Waals surface area contributed by atoms with Crippen molar-refractivity contribution in [1.82, 2.24) is 9.97 Å². The summed E-state index contributed by atoms with van der Waals surface area (Å²) in [5.41, 5.74) is 15.1. The van der Waals surface area contributed by atoms with E-state index in [-0.39, 0.29) is 0 Å². The van der Waals surface area contributed by atoms with Crippen LogP contribution < -0.4 is 0 Å². The summed E-state index contributed by atoms with van der Waals surface area (Å²) < 4.78 is 0. The van der Waals surface area contributed by atoms with Gasteiger partial charge in [0.1, 0.15) is 0 Å². The van der Waals surface area contributed by atoms with Gasteiger partial charge in [-0.15, -0.1) is 0 Å². The van der Waals surface area contributed by atoms with Crippen molar-refractivity contribution in [3.63, 3.8) is 0 Å². The van der Waals surface area contributed by atoms with Crippen molar-refractivity contribution in [2.75, 3.05) is 0 Å². The lowest BCUT2D eigenvalue weighted by Crippen LogP contribution is -1.97. The molecule has 0 atom stereocenters. The molecular formula is C49H29N3. The molecule has 0 amide bonds. The second kappa shape index (κ2) is 12.0. The zero-order valence-electron chi connectivity index (χ0n) is 28.1. The fraction of sp³-hybridized carbons (Fsp3) is 0. The standard InChI is InChI=1S/C49H29N3/c50-30-31-19-21-32(22-20-31)35-23-26-42-38-17-9-10-18-39(38)43-27-28-44(47(35)48(42)43)40-24-25-41(37-16-8-7-15-36(37)40)46-29-45(33-11-3-1-4-12-33)51-49(52-46)34-13-5-2-6-14-34/h1-29H. The van der Waals surface area contributed by atoms with Crippen LogP contribution in [0.25, 0.3) is 100.0 Å². The summed E-state index contributed by atoms with van der Waals surface area (Å²) in [7, 11) is 0. The molecule has 0 saturated carbocycles. The summed E-state index contributed by atoms with van der Waals surface area (Å²) in [6.45, 7) is 0. The van der Waals surface area contributed by atoms with Gasteiger partial charge in [0, 0.05) is 16.7 Å². The maximum Gasteiger partial charge on any atom is 0.160 e. The van der Waals surface area contributed by atoms with Gasteiger partial charge in [-0.1, -0.05) is 158 Å². The Balaban J connectivity index is 1.23. The van der Waals surface area contributed by atoms with Crippen LogP contribution in [0.3, 0.4) is 0 Å². The van der Waals surface area contributed by atoms with Crippen LogP contribution in [0.1, 0.15) is 5.56 Å². The molecule has 0 aliphatic heterocycles. The lowest BCUT2D eigenvalue weighted by molar-refractivity contribution is 1.18. The summed E-state index contributed by atoms with van der Waals surface area (Å²) >= 11 is 0. The van der Waals surface area contributed by atoms with Crippen molar-refractivity contribution >= 4 is 21.5 Å². The van der Waals surface area contributed by atoms with E-state index in [1.807, 2.05) is 48.5 Å². The van der Waals surface area contributed by atoms with Crippen molar-refractivity contribution < 1.29 is 0 Å². The second-order valence-electron chi connectivity index (χ2n) is 13.2. The molecule has 0 spiro atoms. The van der Waals surface area contributed by atoms with Gasteiger partial charge in [0.15, 0.2) is 5.82 Å². The summed E-state index contributed by atoms with van der Waals surface area (Å²) in [6.07, 6.45) is 0. The van der Waals surface area contributed by atoms with E-state index >= 15 is 0 Å². The number of hydrogen-bond acceptors (Lipinski definition) is 3. The fourth-order valence-electron chi connectivity index (χ4n) is 7.90. The molecule has 240 valence electrons. The summed E-state index contributed by atoms with van der Waals surface area (Å²) in [5.74, 6) is 0.698. The Hall–Kier alpha value is -7.15. The van der Waals surface area contributed by atoms with E-state index < -0.39 is 0 Å². The first-order chi connectivity index (χ1) is 25.7. The summed E-state index contributed by atoms with van der Waals surface area (Å²) in [4.78, 5) is 10.2. The van der Waals surface area contributed by atoms with Crippen molar-refractivity contribution in [2.24, 2.45) is 0 Å². The minimum atomic E-state index is 0.652. The van der Waals surface area contributed by atoms with E-state index in [0.717, 1.165) is 55.5 Å². The molecule has 3 nitrogen and oxygen atoms in total. The van der Waals surface area contributed by atoms with Gasteiger partial charge in [-0.05, 0) is 84.3 Å². The number of benzene rings is 8. The number of aromatic nitrogens is 2. The van der Waals surface area contributed by atoms with Crippen molar-refractivity contribution in [3.8, 4) is 84.5 Å². The first-order valence-corrected chi connectivity index (χ1v) is 17.5. The highest BCUT2D eigenvalue weighted by Crippen LogP contribution is 2.52. The number of rotatable bonds is 5. The Labute approximate surface area is 301 Å². The van der Waals surface area contributed by atoms with Crippen molar-refractivity contribution in [2.45, 2.75) is 0 Å². The normalized spacial score (nSPS) is 11.4. The largest absolute Gasteiger partial charge is 0.228 e. The molecule has 0 saturated heterocycles. The van der Waals surface area contributed by atoms with Crippen LogP contribution in [0.4, 0.5) is 0 Å². The number of fused-ring (bicyclic) bond motifs is 4. The smallest absolute Gasteiger partial charge is 0.160 e. The van der Waals surface area contributed by atoms with E-state index in [2.05, 4.69) is 133 Å². The molecule has 1 aliphatic rings. The molecule has 9 aromatic rings. The highest BCUT2D eigenvalue weighted by atomic mass is 14.9. The number of hydrogen-bond donors (Lipinski definition) is 0. The minimum Gasteiger partial charge on any atom is -0.228 e. The molecule has 52 heavy (non-hydrogen) atoms. The molecular weight excluding hydrogens is 631 g/mol. The van der Waals surface area contributed by atoms with Gasteiger partial charge in [-0.2, -0.15) is 5.26 Å². The highest BCUT2D eigenvalue weighted by Gasteiger charge is 2.25. The van der Waals surface area contributed by atoms with Crippen LogP contribution in [0.15, 0.2) is 176 Å². The molecule has 0 bridgehead atoms. The third-order valence-electron chi connectivity index (χ3n) is 10.3. The first kappa shape index (κ1) is 29.7. The predicted molar refractivity (Wildman–Crippen MR) is 213 cm³/mol. The van der Waals surface area contributed by atoms with Crippen LogP contribution in [-0.2, 0) is 0 Å². The first-order valence-electron chi connectivity index (χ1n) is 17.5. The fourth-order valence-corrected chi connectivity index (χ4v) is 7.90. The monoisotopic (exact) mass is 659 g/mol. The molecule has 1 aromatic heterocycles. The summed E-state index contributed by atoms with van der Waals surface area (Å²) in [6, 6.07) is 63.8. The van der Waals surface area contributed by atoms with Crippen LogP contribution in [0, 0.1) is 11.3 Å². The summed E-state index contributed by atoms with van der Waals surface area (Å²) in [5, 5.41) is 14.3. The molecule has 8 aromatic carbocycles. The molecule has 0 N–H and O–H groups in total. The average molecular weight is 660 g/mol. The minimum absolute atomic E-state index is 0.652. The van der Waals surface area contributed by atoms with Crippen molar-refractivity contribution in [1.29, 1.82) is 5.26 Å². The zero-order chi connectivity index (χ0) is 34.6. The Kier molecular flexibility index (Phi) is 6.87. The van der Waals surface area contributed by atoms with E-state index in [4.69, 9.17) is 9.97 Å². The average Bonchev–Trinajstić information content (AvgIpc) is 3.55. The quantitative estimate of drug-likeness (QED) is 0.185. The van der Waals surface area contributed by atoms with Gasteiger partial charge in [-0.3, -0.25) is 0 Å². The van der Waals surface area contributed by atoms with Crippen LogP contribution in [-0.4, -0.2) is 9.97 Å². The molecule has 0 unspecified atom stereocenters. The van der Waals surface area contributed by atoms with E-state index in [1.54, 1.807) is 0 Å². The lowest BCUT2D eigenvalue weighted by Gasteiger charge is -2.18. The van der Waals surface area contributed by atoms with Gasteiger partial charge in [0.2, 0.25) is 0 Å². The van der Waals surface area contributed by atoms with Crippen molar-refractivity contribution in [3.05, 3.63) is 181 Å². The molecule has 1 heterocycles. The Morgan fingerprint density at radius 2 is 0.827 bits per heavy atom. The maximum absolute atomic E-state index is 9.54. The third-order valence-corrected chi connectivity index (χ3v) is 10.3. The number of nitrogens with zero attached hydrogens (tertiary/aromatic N) is 3. The molecule has 0 radical (unpaired) electrons. The molecule has 1 aliphatic carbocycles. The lowest BCUT2D eigenvalue weighted by atomic mass is 9.86. The zero-order valence-corrected chi connectivity index (χ0v) is 28.1. The molecule has 10 rings (SSSR count). The predicted octanol–water partition coefficient (Wildman–Crippen LogP) is 12.6. The Bertz CT molecular complexity index is 2800. The van der Waals surface area contributed by atoms with Gasteiger partial charge in [0.05, 0.1) is 23.0 Å².